The Labute approximate surface area is 122 Å². The molecule has 0 aliphatic carbocycles. The van der Waals surface area contributed by atoms with Crippen LogP contribution in [0.15, 0.2) is 51.4 Å². The summed E-state index contributed by atoms with van der Waals surface area (Å²) in [5.41, 5.74) is 0.962. The predicted molar refractivity (Wildman–Crippen MR) is 77.9 cm³/mol. The Kier molecular flexibility index (Phi) is 4.48. The van der Waals surface area contributed by atoms with E-state index < -0.39 is 0 Å². The van der Waals surface area contributed by atoms with Gasteiger partial charge >= 0.3 is 0 Å². The van der Waals surface area contributed by atoms with E-state index in [0.29, 0.717) is 5.88 Å². The molecule has 0 saturated heterocycles. The molecule has 17 heavy (non-hydrogen) atoms. The van der Waals surface area contributed by atoms with Crippen LogP contribution in [-0.2, 0) is 5.88 Å². The summed E-state index contributed by atoms with van der Waals surface area (Å²) in [6.45, 7) is 0. The average Bonchev–Trinajstić information content (AvgIpc) is 2.34. The van der Waals surface area contributed by atoms with E-state index in [1.807, 2.05) is 42.5 Å². The van der Waals surface area contributed by atoms with Gasteiger partial charge in [0.15, 0.2) is 0 Å². The first-order valence-electron chi connectivity index (χ1n) is 4.97. The van der Waals surface area contributed by atoms with Crippen LogP contribution in [0, 0.1) is 0 Å². The third-order valence-corrected chi connectivity index (χ3v) is 3.52. The van der Waals surface area contributed by atoms with Crippen molar-refractivity contribution in [2.75, 3.05) is 0 Å². The quantitative estimate of drug-likeness (QED) is 0.621. The number of rotatable bonds is 3. The van der Waals surface area contributed by atoms with Crippen molar-refractivity contribution < 1.29 is 4.74 Å². The van der Waals surface area contributed by atoms with Gasteiger partial charge in [0.1, 0.15) is 11.5 Å². The van der Waals surface area contributed by atoms with Gasteiger partial charge in [-0.3, -0.25) is 0 Å². The number of benzene rings is 2. The van der Waals surface area contributed by atoms with Crippen molar-refractivity contribution in [3.05, 3.63) is 57.0 Å². The number of ether oxygens (including phenoxy) is 1. The Morgan fingerprint density at radius 3 is 2.24 bits per heavy atom. The number of halogens is 3. The zero-order chi connectivity index (χ0) is 12.3. The Hall–Kier alpha value is -0.510. The minimum absolute atomic E-state index is 0.422. The van der Waals surface area contributed by atoms with E-state index in [1.165, 1.54) is 0 Å². The molecule has 0 bridgehead atoms. The minimum Gasteiger partial charge on any atom is -0.457 e. The summed E-state index contributed by atoms with van der Waals surface area (Å²) in [6, 6.07) is 13.5. The molecule has 2 rings (SSSR count). The summed E-state index contributed by atoms with van der Waals surface area (Å²) < 4.78 is 7.81. The summed E-state index contributed by atoms with van der Waals surface area (Å²) in [6.07, 6.45) is 0. The van der Waals surface area contributed by atoms with Crippen LogP contribution in [0.2, 0.25) is 0 Å². The van der Waals surface area contributed by atoms with Crippen molar-refractivity contribution in [2.45, 2.75) is 5.88 Å². The van der Waals surface area contributed by atoms with Gasteiger partial charge in [-0.1, -0.05) is 31.9 Å². The van der Waals surface area contributed by atoms with Gasteiger partial charge in [0, 0.05) is 14.5 Å². The Morgan fingerprint density at radius 1 is 0.941 bits per heavy atom. The van der Waals surface area contributed by atoms with E-state index in [2.05, 4.69) is 31.9 Å². The normalized spacial score (nSPS) is 10.3. The Morgan fingerprint density at radius 2 is 1.59 bits per heavy atom. The van der Waals surface area contributed by atoms with Crippen LogP contribution in [0.3, 0.4) is 0 Å². The molecule has 0 unspecified atom stereocenters. The molecule has 2 aromatic carbocycles. The highest BCUT2D eigenvalue weighted by atomic mass is 79.9. The van der Waals surface area contributed by atoms with E-state index in [0.717, 1.165) is 26.0 Å². The molecule has 0 aromatic heterocycles. The molecule has 0 N–H and O–H groups in total. The fraction of sp³-hybridized carbons (Fsp3) is 0.0769. The van der Waals surface area contributed by atoms with Gasteiger partial charge in [-0.2, -0.15) is 0 Å². The predicted octanol–water partition coefficient (Wildman–Crippen LogP) is 5.74. The molecule has 0 aliphatic heterocycles. The van der Waals surface area contributed by atoms with Gasteiger partial charge in [0.05, 0.1) is 5.88 Å². The standard InChI is InChI=1S/C13H9Br2ClO/c14-10-1-4-12(5-2-10)17-13-6-3-11(15)7-9(13)8-16/h1-7H,8H2. The molecule has 0 heterocycles. The van der Waals surface area contributed by atoms with Gasteiger partial charge in [-0.15, -0.1) is 11.6 Å². The zero-order valence-corrected chi connectivity index (χ0v) is 12.7. The first-order chi connectivity index (χ1) is 8.19. The highest BCUT2D eigenvalue weighted by Gasteiger charge is 2.05. The monoisotopic (exact) mass is 374 g/mol. The van der Waals surface area contributed by atoms with E-state index in [9.17, 15) is 0 Å². The summed E-state index contributed by atoms with van der Waals surface area (Å²) in [5, 5.41) is 0. The van der Waals surface area contributed by atoms with Crippen LogP contribution in [0.5, 0.6) is 11.5 Å². The van der Waals surface area contributed by atoms with Gasteiger partial charge in [0.25, 0.3) is 0 Å². The minimum atomic E-state index is 0.422. The molecule has 88 valence electrons. The molecule has 2 aromatic rings. The van der Waals surface area contributed by atoms with Crippen LogP contribution in [0.4, 0.5) is 0 Å². The van der Waals surface area contributed by atoms with Crippen LogP contribution in [-0.4, -0.2) is 0 Å². The maximum Gasteiger partial charge on any atom is 0.131 e. The summed E-state index contributed by atoms with van der Waals surface area (Å²) in [4.78, 5) is 0. The molecule has 0 saturated carbocycles. The van der Waals surface area contributed by atoms with Gasteiger partial charge in [-0.25, -0.2) is 0 Å². The number of hydrogen-bond acceptors (Lipinski definition) is 1. The molecular formula is C13H9Br2ClO. The average molecular weight is 376 g/mol. The summed E-state index contributed by atoms with van der Waals surface area (Å²) >= 11 is 12.7. The van der Waals surface area contributed by atoms with Crippen molar-refractivity contribution in [1.82, 2.24) is 0 Å². The lowest BCUT2D eigenvalue weighted by atomic mass is 10.2. The SMILES string of the molecule is ClCc1cc(Br)ccc1Oc1ccc(Br)cc1. The number of alkyl halides is 1. The topological polar surface area (TPSA) is 9.23 Å². The molecule has 0 aliphatic rings. The molecule has 0 atom stereocenters. The third-order valence-electron chi connectivity index (χ3n) is 2.21. The molecule has 0 spiro atoms. The fourth-order valence-electron chi connectivity index (χ4n) is 1.38. The van der Waals surface area contributed by atoms with Gasteiger partial charge in [-0.05, 0) is 42.5 Å². The third kappa shape index (κ3) is 3.47. The van der Waals surface area contributed by atoms with Crippen molar-refractivity contribution >= 4 is 43.5 Å². The van der Waals surface area contributed by atoms with E-state index in [-0.39, 0.29) is 0 Å². The molecule has 0 radical (unpaired) electrons. The second kappa shape index (κ2) is 5.89. The smallest absolute Gasteiger partial charge is 0.131 e. The zero-order valence-electron chi connectivity index (χ0n) is 8.79. The maximum absolute atomic E-state index is 5.89. The van der Waals surface area contributed by atoms with E-state index >= 15 is 0 Å². The highest BCUT2D eigenvalue weighted by molar-refractivity contribution is 9.10. The van der Waals surface area contributed by atoms with Crippen molar-refractivity contribution in [2.24, 2.45) is 0 Å². The Bertz CT molecular complexity index is 511. The Balaban J connectivity index is 2.26. The van der Waals surface area contributed by atoms with Crippen molar-refractivity contribution in [1.29, 1.82) is 0 Å². The van der Waals surface area contributed by atoms with Crippen LogP contribution >= 0.6 is 43.5 Å². The fourth-order valence-corrected chi connectivity index (χ4v) is 2.26. The van der Waals surface area contributed by atoms with E-state index in [4.69, 9.17) is 16.3 Å². The summed E-state index contributed by atoms with van der Waals surface area (Å²) in [5.74, 6) is 2.00. The first kappa shape index (κ1) is 12.9. The maximum atomic E-state index is 5.89. The lowest BCUT2D eigenvalue weighted by Gasteiger charge is -2.10. The first-order valence-corrected chi connectivity index (χ1v) is 7.09. The molecule has 4 heteroatoms. The van der Waals surface area contributed by atoms with Crippen LogP contribution in [0.25, 0.3) is 0 Å². The van der Waals surface area contributed by atoms with Crippen molar-refractivity contribution in [3.8, 4) is 11.5 Å². The summed E-state index contributed by atoms with van der Waals surface area (Å²) in [7, 11) is 0. The lowest BCUT2D eigenvalue weighted by Crippen LogP contribution is -1.89. The molecular weight excluding hydrogens is 367 g/mol. The van der Waals surface area contributed by atoms with Gasteiger partial charge in [0.2, 0.25) is 0 Å². The number of hydrogen-bond donors (Lipinski definition) is 0. The molecule has 1 nitrogen and oxygen atoms in total. The molecule has 0 fully saturated rings. The lowest BCUT2D eigenvalue weighted by molar-refractivity contribution is 0.478. The second-order valence-corrected chi connectivity index (χ2v) is 5.54. The molecule has 0 amide bonds. The van der Waals surface area contributed by atoms with Gasteiger partial charge < -0.3 is 4.74 Å². The largest absolute Gasteiger partial charge is 0.457 e. The van der Waals surface area contributed by atoms with E-state index in [1.54, 1.807) is 0 Å². The second-order valence-electron chi connectivity index (χ2n) is 3.44. The van der Waals surface area contributed by atoms with Crippen LogP contribution < -0.4 is 4.74 Å². The van der Waals surface area contributed by atoms with Crippen molar-refractivity contribution in [3.63, 3.8) is 0 Å². The highest BCUT2D eigenvalue weighted by Crippen LogP contribution is 2.29. The van der Waals surface area contributed by atoms with Crippen LogP contribution in [0.1, 0.15) is 5.56 Å².